The molecule has 0 spiro atoms. The van der Waals surface area contributed by atoms with Crippen LogP contribution in [0, 0.1) is 0 Å². The summed E-state index contributed by atoms with van der Waals surface area (Å²) in [6, 6.07) is 29.1. The highest BCUT2D eigenvalue weighted by atomic mass is 35.5. The highest BCUT2D eigenvalue weighted by Gasteiger charge is 2.15. The molecule has 2 amide bonds. The summed E-state index contributed by atoms with van der Waals surface area (Å²) in [5.74, 6) is -1.03. The van der Waals surface area contributed by atoms with Crippen LogP contribution in [0.5, 0.6) is 5.75 Å². The number of benzene rings is 4. The van der Waals surface area contributed by atoms with Crippen LogP contribution in [-0.2, 0) is 11.2 Å². The van der Waals surface area contributed by atoms with Crippen LogP contribution in [-0.4, -0.2) is 36.2 Å². The summed E-state index contributed by atoms with van der Waals surface area (Å²) >= 11 is 6.30. The zero-order valence-corrected chi connectivity index (χ0v) is 24.3. The molecule has 3 N–H and O–H groups in total. The van der Waals surface area contributed by atoms with E-state index >= 15 is 0 Å². The number of halogens is 1. The predicted molar refractivity (Wildman–Crippen MR) is 170 cm³/mol. The summed E-state index contributed by atoms with van der Waals surface area (Å²) in [5, 5.41) is 17.8. The number of hydrogen-bond acceptors (Lipinski definition) is 5. The van der Waals surface area contributed by atoms with Crippen molar-refractivity contribution in [3.8, 4) is 5.75 Å². The van der Waals surface area contributed by atoms with Gasteiger partial charge in [-0.2, -0.15) is 5.10 Å². The molecule has 0 bridgehead atoms. The van der Waals surface area contributed by atoms with E-state index in [1.165, 1.54) is 6.21 Å². The molecule has 0 unspecified atom stereocenters. The Labute approximate surface area is 251 Å². The number of anilines is 1. The molecule has 0 aliphatic carbocycles. The SMILES string of the molecule is CCN(CC)c1ccc(C=C(NC(=O)c2ccccc2)C(=O)NN=Cc2cc(Cc3ccccc3Cl)ccc2O)cc1. The lowest BCUT2D eigenvalue weighted by atomic mass is 10.0. The Hall–Kier alpha value is -4.88. The summed E-state index contributed by atoms with van der Waals surface area (Å²) < 4.78 is 0. The lowest BCUT2D eigenvalue weighted by molar-refractivity contribution is -0.117. The second-order valence-electron chi connectivity index (χ2n) is 9.50. The third-order valence-electron chi connectivity index (χ3n) is 6.68. The van der Waals surface area contributed by atoms with Crippen molar-refractivity contribution in [2.24, 2.45) is 5.10 Å². The van der Waals surface area contributed by atoms with Gasteiger partial charge in [-0.15, -0.1) is 0 Å². The van der Waals surface area contributed by atoms with E-state index in [0.29, 0.717) is 22.6 Å². The van der Waals surface area contributed by atoms with E-state index < -0.39 is 11.8 Å². The van der Waals surface area contributed by atoms with Gasteiger partial charge < -0.3 is 15.3 Å². The molecule has 0 heterocycles. The number of phenols is 1. The van der Waals surface area contributed by atoms with Gasteiger partial charge in [-0.1, -0.05) is 66.2 Å². The van der Waals surface area contributed by atoms with Crippen molar-refractivity contribution in [2.75, 3.05) is 18.0 Å². The van der Waals surface area contributed by atoms with Gasteiger partial charge in [0.2, 0.25) is 0 Å². The number of hydrogen-bond donors (Lipinski definition) is 3. The standard InChI is InChI=1S/C34H33ClN4O3/c1-3-39(4-2)29-17-14-24(15-18-29)22-31(37-33(41)26-10-6-5-7-11-26)34(42)38-36-23-28-21-25(16-19-32(28)40)20-27-12-8-9-13-30(27)35/h5-19,21-23,40H,3-4,20H2,1-2H3,(H,37,41)(H,38,42). The third-order valence-corrected chi connectivity index (χ3v) is 7.04. The Kier molecular flexibility index (Phi) is 10.5. The van der Waals surface area contributed by atoms with Gasteiger partial charge in [0.05, 0.1) is 6.21 Å². The lowest BCUT2D eigenvalue weighted by Crippen LogP contribution is -2.32. The molecule has 7 nitrogen and oxygen atoms in total. The highest BCUT2D eigenvalue weighted by Crippen LogP contribution is 2.23. The summed E-state index contributed by atoms with van der Waals surface area (Å²) in [6.07, 6.45) is 3.52. The Morgan fingerprint density at radius 1 is 0.905 bits per heavy atom. The van der Waals surface area contributed by atoms with Gasteiger partial charge in [0.15, 0.2) is 0 Å². The molecule has 4 rings (SSSR count). The fourth-order valence-corrected chi connectivity index (χ4v) is 4.58. The summed E-state index contributed by atoms with van der Waals surface area (Å²) in [6.45, 7) is 5.94. The van der Waals surface area contributed by atoms with Crippen molar-refractivity contribution in [2.45, 2.75) is 20.3 Å². The van der Waals surface area contributed by atoms with Crippen LogP contribution in [0.15, 0.2) is 108 Å². The zero-order valence-electron chi connectivity index (χ0n) is 23.5. The molecule has 214 valence electrons. The maximum atomic E-state index is 13.2. The zero-order chi connectivity index (χ0) is 29.9. The first-order chi connectivity index (χ1) is 20.4. The average molecular weight is 581 g/mol. The molecule has 0 fully saturated rings. The molecule has 0 radical (unpaired) electrons. The maximum Gasteiger partial charge on any atom is 0.287 e. The van der Waals surface area contributed by atoms with E-state index in [-0.39, 0.29) is 11.4 Å². The smallest absolute Gasteiger partial charge is 0.287 e. The first-order valence-corrected chi connectivity index (χ1v) is 14.1. The molecule has 0 saturated heterocycles. The monoisotopic (exact) mass is 580 g/mol. The number of amides is 2. The number of carbonyl (C=O) groups is 2. The number of nitrogens with zero attached hydrogens (tertiary/aromatic N) is 2. The topological polar surface area (TPSA) is 94.0 Å². The number of hydrazone groups is 1. The minimum absolute atomic E-state index is 0.0114. The Morgan fingerprint density at radius 2 is 1.60 bits per heavy atom. The number of nitrogens with one attached hydrogen (secondary N) is 2. The molecule has 0 aromatic heterocycles. The van der Waals surface area contributed by atoms with Crippen molar-refractivity contribution >= 4 is 41.4 Å². The second kappa shape index (κ2) is 14.7. The van der Waals surface area contributed by atoms with Crippen LogP contribution < -0.4 is 15.6 Å². The van der Waals surface area contributed by atoms with Crippen molar-refractivity contribution in [1.82, 2.24) is 10.7 Å². The largest absolute Gasteiger partial charge is 0.507 e. The normalized spacial score (nSPS) is 11.4. The number of carbonyl (C=O) groups excluding carboxylic acids is 2. The quantitative estimate of drug-likeness (QED) is 0.109. The van der Waals surface area contributed by atoms with Gasteiger partial charge in [-0.3, -0.25) is 9.59 Å². The molecular formula is C34H33ClN4O3. The fourth-order valence-electron chi connectivity index (χ4n) is 4.38. The van der Waals surface area contributed by atoms with Crippen LogP contribution in [0.4, 0.5) is 5.69 Å². The molecule has 0 aliphatic heterocycles. The van der Waals surface area contributed by atoms with Gasteiger partial charge in [0.1, 0.15) is 11.4 Å². The first kappa shape index (κ1) is 30.1. The molecule has 42 heavy (non-hydrogen) atoms. The first-order valence-electron chi connectivity index (χ1n) is 13.7. The van der Waals surface area contributed by atoms with Crippen molar-refractivity contribution in [3.05, 3.63) is 136 Å². The summed E-state index contributed by atoms with van der Waals surface area (Å²) in [4.78, 5) is 28.3. The Balaban J connectivity index is 1.53. The minimum atomic E-state index is -0.616. The summed E-state index contributed by atoms with van der Waals surface area (Å²) in [5.41, 5.74) is 7.00. The highest BCUT2D eigenvalue weighted by molar-refractivity contribution is 6.31. The van der Waals surface area contributed by atoms with E-state index in [1.807, 2.05) is 54.6 Å². The number of aromatic hydroxyl groups is 1. The van der Waals surface area contributed by atoms with Gasteiger partial charge in [-0.25, -0.2) is 5.43 Å². The molecule has 4 aromatic carbocycles. The Bertz CT molecular complexity index is 1580. The summed E-state index contributed by atoms with van der Waals surface area (Å²) in [7, 11) is 0. The predicted octanol–water partition coefficient (Wildman–Crippen LogP) is 6.40. The van der Waals surface area contributed by atoms with E-state index in [0.717, 1.165) is 35.5 Å². The molecule has 0 saturated carbocycles. The van der Waals surface area contributed by atoms with E-state index in [4.69, 9.17) is 11.6 Å². The van der Waals surface area contributed by atoms with Crippen LogP contribution in [0.1, 0.15) is 46.5 Å². The molecule has 4 aromatic rings. The lowest BCUT2D eigenvalue weighted by Gasteiger charge is -2.21. The van der Waals surface area contributed by atoms with Gasteiger partial charge in [-0.05, 0) is 85.5 Å². The van der Waals surface area contributed by atoms with Crippen molar-refractivity contribution < 1.29 is 14.7 Å². The van der Waals surface area contributed by atoms with Crippen molar-refractivity contribution in [3.63, 3.8) is 0 Å². The molecule has 8 heteroatoms. The van der Waals surface area contributed by atoms with E-state index in [9.17, 15) is 14.7 Å². The Morgan fingerprint density at radius 3 is 2.29 bits per heavy atom. The number of rotatable bonds is 11. The number of phenolic OH excluding ortho intramolecular Hbond substituents is 1. The maximum absolute atomic E-state index is 13.2. The minimum Gasteiger partial charge on any atom is -0.507 e. The fraction of sp³-hybridized carbons (Fsp3) is 0.147. The molecular weight excluding hydrogens is 548 g/mol. The van der Waals surface area contributed by atoms with E-state index in [1.54, 1.807) is 48.5 Å². The second-order valence-corrected chi connectivity index (χ2v) is 9.91. The van der Waals surface area contributed by atoms with Crippen LogP contribution in [0.2, 0.25) is 5.02 Å². The van der Waals surface area contributed by atoms with E-state index in [2.05, 4.69) is 34.6 Å². The van der Waals surface area contributed by atoms with Gasteiger partial charge in [0, 0.05) is 34.9 Å². The van der Waals surface area contributed by atoms with Gasteiger partial charge >= 0.3 is 0 Å². The van der Waals surface area contributed by atoms with Crippen LogP contribution in [0.25, 0.3) is 6.08 Å². The molecule has 0 aliphatic rings. The van der Waals surface area contributed by atoms with Crippen molar-refractivity contribution in [1.29, 1.82) is 0 Å². The van der Waals surface area contributed by atoms with Crippen LogP contribution in [0.3, 0.4) is 0 Å². The van der Waals surface area contributed by atoms with Crippen LogP contribution >= 0.6 is 11.6 Å². The average Bonchev–Trinajstić information content (AvgIpc) is 3.01. The van der Waals surface area contributed by atoms with Gasteiger partial charge in [0.25, 0.3) is 11.8 Å². The molecule has 0 atom stereocenters. The third kappa shape index (κ3) is 8.08.